The van der Waals surface area contributed by atoms with Crippen molar-refractivity contribution in [2.75, 3.05) is 31.9 Å². The van der Waals surface area contributed by atoms with Crippen molar-refractivity contribution in [3.8, 4) is 0 Å². The third kappa shape index (κ3) is 4.81. The Morgan fingerprint density at radius 1 is 1.22 bits per heavy atom. The van der Waals surface area contributed by atoms with Gasteiger partial charge in [-0.3, -0.25) is 4.79 Å². The first-order valence-corrected chi connectivity index (χ1v) is 10.1. The highest BCUT2D eigenvalue weighted by Gasteiger charge is 2.57. The van der Waals surface area contributed by atoms with E-state index in [1.54, 1.807) is 0 Å². The van der Waals surface area contributed by atoms with Crippen LogP contribution in [0.25, 0.3) is 0 Å². The first-order chi connectivity index (χ1) is 10.5. The predicted molar refractivity (Wildman–Crippen MR) is 92.0 cm³/mol. The minimum atomic E-state index is -3.26. The Balaban J connectivity index is 0.00000192. The smallest absolute Gasteiger partial charge is 0.223 e. The first kappa shape index (κ1) is 19.0. The topological polar surface area (TPSA) is 87.3 Å². The van der Waals surface area contributed by atoms with E-state index in [4.69, 9.17) is 0 Å². The number of nitrogens with one attached hydrogen (secondary N) is 3. The third-order valence-corrected chi connectivity index (χ3v) is 6.94. The Labute approximate surface area is 145 Å². The summed E-state index contributed by atoms with van der Waals surface area (Å²) in [6.07, 6.45) is 6.54. The van der Waals surface area contributed by atoms with E-state index < -0.39 is 10.0 Å². The summed E-state index contributed by atoms with van der Waals surface area (Å²) in [6, 6.07) is 0. The molecule has 1 atom stereocenters. The van der Waals surface area contributed by atoms with Crippen LogP contribution in [0.2, 0.25) is 0 Å². The van der Waals surface area contributed by atoms with Crippen LogP contribution >= 0.6 is 12.4 Å². The normalized spacial score (nSPS) is 26.2. The zero-order valence-corrected chi connectivity index (χ0v) is 15.1. The molecule has 1 unspecified atom stereocenters. The molecule has 3 rings (SSSR count). The molecular formula is C15H28ClN3O3S. The molecule has 0 aromatic carbocycles. The van der Waals surface area contributed by atoms with Crippen molar-refractivity contribution in [2.45, 2.75) is 38.5 Å². The number of sulfonamides is 1. The van der Waals surface area contributed by atoms with Crippen LogP contribution in [0, 0.1) is 17.3 Å². The van der Waals surface area contributed by atoms with E-state index >= 15 is 0 Å². The molecule has 0 aromatic rings. The van der Waals surface area contributed by atoms with Crippen LogP contribution in [-0.2, 0) is 14.8 Å². The number of piperidine rings is 1. The van der Waals surface area contributed by atoms with Crippen molar-refractivity contribution < 1.29 is 13.2 Å². The van der Waals surface area contributed by atoms with Crippen LogP contribution in [0.15, 0.2) is 0 Å². The quantitative estimate of drug-likeness (QED) is 0.617. The van der Waals surface area contributed by atoms with Crippen LogP contribution in [0.4, 0.5) is 0 Å². The molecule has 1 saturated heterocycles. The van der Waals surface area contributed by atoms with Gasteiger partial charge in [-0.1, -0.05) is 6.42 Å². The second kappa shape index (κ2) is 7.68. The fourth-order valence-electron chi connectivity index (χ4n) is 3.64. The number of halogens is 1. The van der Waals surface area contributed by atoms with Crippen molar-refractivity contribution in [1.29, 1.82) is 0 Å². The van der Waals surface area contributed by atoms with Crippen molar-refractivity contribution in [3.63, 3.8) is 0 Å². The zero-order chi connectivity index (χ0) is 15.6. The standard InChI is InChI=1S/C15H27N3O3S.ClH/c19-14(13-10-15(13)4-6-16-7-5-15)17-8-9-22(20,21)18-11-12-2-1-3-12;/h12-13,16,18H,1-11H2,(H,17,19);1H. The number of hydrogen-bond acceptors (Lipinski definition) is 4. The molecule has 6 nitrogen and oxygen atoms in total. The van der Waals surface area contributed by atoms with Crippen molar-refractivity contribution >= 4 is 28.3 Å². The van der Waals surface area contributed by atoms with Gasteiger partial charge in [0.1, 0.15) is 0 Å². The largest absolute Gasteiger partial charge is 0.355 e. The minimum Gasteiger partial charge on any atom is -0.355 e. The molecule has 3 aliphatic rings. The molecule has 0 aromatic heterocycles. The molecule has 1 heterocycles. The van der Waals surface area contributed by atoms with Gasteiger partial charge in [-0.25, -0.2) is 13.1 Å². The third-order valence-electron chi connectivity index (χ3n) is 5.59. The summed E-state index contributed by atoms with van der Waals surface area (Å²) in [4.78, 5) is 12.1. The highest BCUT2D eigenvalue weighted by molar-refractivity contribution is 7.89. The summed E-state index contributed by atoms with van der Waals surface area (Å²) in [5, 5.41) is 6.13. The van der Waals surface area contributed by atoms with Gasteiger partial charge < -0.3 is 10.6 Å². The lowest BCUT2D eigenvalue weighted by Gasteiger charge is -2.25. The summed E-state index contributed by atoms with van der Waals surface area (Å²) < 4.78 is 26.4. The summed E-state index contributed by atoms with van der Waals surface area (Å²) in [6.45, 7) is 2.74. The van der Waals surface area contributed by atoms with Crippen LogP contribution < -0.4 is 15.4 Å². The molecule has 1 aliphatic heterocycles. The number of hydrogen-bond donors (Lipinski definition) is 3. The Morgan fingerprint density at radius 3 is 2.52 bits per heavy atom. The van der Waals surface area contributed by atoms with Crippen LogP contribution in [0.3, 0.4) is 0 Å². The Kier molecular flexibility index (Phi) is 6.33. The maximum atomic E-state index is 12.1. The van der Waals surface area contributed by atoms with Crippen LogP contribution in [-0.4, -0.2) is 46.3 Å². The Bertz CT molecular complexity index is 516. The fraction of sp³-hybridized carbons (Fsp3) is 0.933. The van der Waals surface area contributed by atoms with Gasteiger partial charge in [0.25, 0.3) is 0 Å². The second-order valence-corrected chi connectivity index (χ2v) is 9.05. The molecule has 3 N–H and O–H groups in total. The molecule has 1 spiro atoms. The van der Waals surface area contributed by atoms with Crippen molar-refractivity contribution in [2.24, 2.45) is 17.3 Å². The average molecular weight is 366 g/mol. The zero-order valence-electron chi connectivity index (χ0n) is 13.5. The van der Waals surface area contributed by atoms with E-state index in [2.05, 4.69) is 15.4 Å². The van der Waals surface area contributed by atoms with E-state index in [-0.39, 0.29) is 41.9 Å². The van der Waals surface area contributed by atoms with Gasteiger partial charge in [0.15, 0.2) is 0 Å². The first-order valence-electron chi connectivity index (χ1n) is 8.47. The monoisotopic (exact) mass is 365 g/mol. The van der Waals surface area contributed by atoms with Crippen LogP contribution in [0.1, 0.15) is 38.5 Å². The molecule has 2 aliphatic carbocycles. The average Bonchev–Trinajstić information content (AvgIpc) is 3.11. The van der Waals surface area contributed by atoms with Gasteiger partial charge in [-0.05, 0) is 56.5 Å². The highest BCUT2D eigenvalue weighted by Crippen LogP contribution is 2.58. The van der Waals surface area contributed by atoms with E-state index in [9.17, 15) is 13.2 Å². The van der Waals surface area contributed by atoms with Gasteiger partial charge in [-0.15, -0.1) is 12.4 Å². The number of carbonyl (C=O) groups is 1. The molecule has 0 bridgehead atoms. The SMILES string of the molecule is Cl.O=C(NCCS(=O)(=O)NCC1CCC1)C1CC12CCNCC2. The summed E-state index contributed by atoms with van der Waals surface area (Å²) in [5.74, 6) is 0.624. The van der Waals surface area contributed by atoms with E-state index in [0.717, 1.165) is 45.2 Å². The van der Waals surface area contributed by atoms with Gasteiger partial charge >= 0.3 is 0 Å². The molecular weight excluding hydrogens is 338 g/mol. The molecule has 1 amide bonds. The molecule has 23 heavy (non-hydrogen) atoms. The lowest BCUT2D eigenvalue weighted by atomic mass is 9.86. The van der Waals surface area contributed by atoms with E-state index in [1.165, 1.54) is 6.42 Å². The van der Waals surface area contributed by atoms with Crippen molar-refractivity contribution in [3.05, 3.63) is 0 Å². The number of carbonyl (C=O) groups excluding carboxylic acids is 1. The fourth-order valence-corrected chi connectivity index (χ4v) is 4.65. The van der Waals surface area contributed by atoms with Gasteiger partial charge in [0.2, 0.25) is 15.9 Å². The van der Waals surface area contributed by atoms with E-state index in [0.29, 0.717) is 12.5 Å². The maximum Gasteiger partial charge on any atom is 0.223 e. The summed E-state index contributed by atoms with van der Waals surface area (Å²) >= 11 is 0. The van der Waals surface area contributed by atoms with Gasteiger partial charge in [0, 0.05) is 19.0 Å². The number of amides is 1. The van der Waals surface area contributed by atoms with Gasteiger partial charge in [0.05, 0.1) is 5.75 Å². The lowest BCUT2D eigenvalue weighted by molar-refractivity contribution is -0.123. The van der Waals surface area contributed by atoms with Gasteiger partial charge in [-0.2, -0.15) is 0 Å². The lowest BCUT2D eigenvalue weighted by Crippen LogP contribution is -2.39. The Hall–Kier alpha value is -0.370. The van der Waals surface area contributed by atoms with Crippen molar-refractivity contribution in [1.82, 2.24) is 15.4 Å². The summed E-state index contributed by atoms with van der Waals surface area (Å²) in [7, 11) is -3.26. The minimum absolute atomic E-state index is 0. The molecule has 134 valence electrons. The molecule has 0 radical (unpaired) electrons. The predicted octanol–water partition coefficient (Wildman–Crippen LogP) is 0.634. The van der Waals surface area contributed by atoms with Crippen LogP contribution in [0.5, 0.6) is 0 Å². The summed E-state index contributed by atoms with van der Waals surface area (Å²) in [5.41, 5.74) is 0.205. The highest BCUT2D eigenvalue weighted by atomic mass is 35.5. The maximum absolute atomic E-state index is 12.1. The molecule has 2 saturated carbocycles. The molecule has 3 fully saturated rings. The molecule has 8 heteroatoms. The Morgan fingerprint density at radius 2 is 1.91 bits per heavy atom. The second-order valence-electron chi connectivity index (χ2n) is 7.12. The number of rotatable bonds is 7. The van der Waals surface area contributed by atoms with E-state index in [1.807, 2.05) is 0 Å².